The van der Waals surface area contributed by atoms with Crippen molar-refractivity contribution in [1.29, 1.82) is 0 Å². The maximum Gasteiger partial charge on any atom is 0.262 e. The first-order valence-corrected chi connectivity index (χ1v) is 8.17. The summed E-state index contributed by atoms with van der Waals surface area (Å²) in [5.41, 5.74) is 1.40. The number of halogens is 1. The van der Waals surface area contributed by atoms with Crippen molar-refractivity contribution in [1.82, 2.24) is 0 Å². The smallest absolute Gasteiger partial charge is 0.262 e. The minimum atomic E-state index is -0.398. The number of para-hydroxylation sites is 1. The van der Waals surface area contributed by atoms with Gasteiger partial charge in [-0.1, -0.05) is 6.07 Å². The lowest BCUT2D eigenvalue weighted by molar-refractivity contribution is -0.118. The Morgan fingerprint density at radius 3 is 2.65 bits per heavy atom. The van der Waals surface area contributed by atoms with Gasteiger partial charge in [0.25, 0.3) is 5.91 Å². The lowest BCUT2D eigenvalue weighted by Crippen LogP contribution is -2.26. The molecule has 0 saturated carbocycles. The second-order valence-electron chi connectivity index (χ2n) is 5.85. The number of carbonyl (C=O) groups excluding carboxylic acids is 3. The first kappa shape index (κ1) is 17.6. The molecule has 7 heteroatoms. The Morgan fingerprint density at radius 2 is 1.88 bits per heavy atom. The molecule has 1 aliphatic heterocycles. The number of Topliss-reactive ketones (excluding diaryl/α,β-unsaturated/α-hetero) is 1. The molecule has 6 nitrogen and oxygen atoms in total. The zero-order valence-electron chi connectivity index (χ0n) is 13.9. The molecule has 0 spiro atoms. The second-order valence-corrected chi connectivity index (χ2v) is 5.85. The zero-order valence-corrected chi connectivity index (χ0v) is 13.9. The van der Waals surface area contributed by atoms with E-state index in [1.807, 2.05) is 0 Å². The SMILES string of the molecule is O=C(CCCC(=O)c1ccc(F)cc1)Nc1cccc2c1OCC(=O)N2. The Morgan fingerprint density at radius 1 is 1.12 bits per heavy atom. The molecule has 2 aromatic carbocycles. The van der Waals surface area contributed by atoms with Gasteiger partial charge in [-0.2, -0.15) is 0 Å². The molecule has 0 aromatic heterocycles. The van der Waals surface area contributed by atoms with Gasteiger partial charge in [-0.05, 0) is 42.8 Å². The molecule has 1 aliphatic rings. The molecule has 0 fully saturated rings. The highest BCUT2D eigenvalue weighted by Gasteiger charge is 2.19. The van der Waals surface area contributed by atoms with Gasteiger partial charge in [-0.15, -0.1) is 0 Å². The van der Waals surface area contributed by atoms with Crippen LogP contribution in [0.2, 0.25) is 0 Å². The fourth-order valence-electron chi connectivity index (χ4n) is 2.62. The number of carbonyl (C=O) groups is 3. The van der Waals surface area contributed by atoms with Crippen molar-refractivity contribution in [3.63, 3.8) is 0 Å². The molecule has 0 aliphatic carbocycles. The number of nitrogens with one attached hydrogen (secondary N) is 2. The van der Waals surface area contributed by atoms with Crippen LogP contribution in [0.1, 0.15) is 29.6 Å². The summed E-state index contributed by atoms with van der Waals surface area (Å²) in [7, 11) is 0. The summed E-state index contributed by atoms with van der Waals surface area (Å²) in [5, 5.41) is 5.40. The van der Waals surface area contributed by atoms with Crippen LogP contribution >= 0.6 is 0 Å². The lowest BCUT2D eigenvalue weighted by Gasteiger charge is -2.20. The van der Waals surface area contributed by atoms with Crippen molar-refractivity contribution in [2.45, 2.75) is 19.3 Å². The quantitative estimate of drug-likeness (QED) is 0.779. The number of benzene rings is 2. The highest BCUT2D eigenvalue weighted by molar-refractivity contribution is 6.00. The molecule has 0 saturated heterocycles. The van der Waals surface area contributed by atoms with E-state index in [4.69, 9.17) is 4.74 Å². The topological polar surface area (TPSA) is 84.5 Å². The van der Waals surface area contributed by atoms with E-state index < -0.39 is 5.82 Å². The standard InChI is InChI=1S/C19H17FN2O4/c20-13-9-7-12(8-10-13)16(23)5-2-6-17(24)21-14-3-1-4-15-19(14)26-11-18(25)22-15/h1,3-4,7-10H,2,5-6,11H2,(H,21,24)(H,22,25). The Kier molecular flexibility index (Phi) is 5.26. The van der Waals surface area contributed by atoms with Crippen LogP contribution in [0, 0.1) is 5.82 Å². The molecule has 1 heterocycles. The molecule has 134 valence electrons. The summed E-state index contributed by atoms with van der Waals surface area (Å²) in [6.07, 6.45) is 0.718. The van der Waals surface area contributed by atoms with E-state index in [2.05, 4.69) is 10.6 Å². The number of fused-ring (bicyclic) bond motifs is 1. The Balaban J connectivity index is 1.52. The van der Waals surface area contributed by atoms with E-state index >= 15 is 0 Å². The molecular formula is C19H17FN2O4. The minimum absolute atomic E-state index is 0.105. The van der Waals surface area contributed by atoms with Crippen molar-refractivity contribution in [3.8, 4) is 5.75 Å². The Labute approximate surface area is 149 Å². The number of amides is 2. The minimum Gasteiger partial charge on any atom is -0.479 e. The lowest BCUT2D eigenvalue weighted by atomic mass is 10.1. The third-order valence-corrected chi connectivity index (χ3v) is 3.88. The van der Waals surface area contributed by atoms with Crippen molar-refractivity contribution >= 4 is 29.0 Å². The second kappa shape index (κ2) is 7.77. The van der Waals surface area contributed by atoms with Gasteiger partial charge >= 0.3 is 0 Å². The van der Waals surface area contributed by atoms with Crippen LogP contribution in [0.15, 0.2) is 42.5 Å². The fraction of sp³-hybridized carbons (Fsp3) is 0.211. The van der Waals surface area contributed by atoms with Gasteiger partial charge in [-0.25, -0.2) is 4.39 Å². The van der Waals surface area contributed by atoms with Gasteiger partial charge in [0, 0.05) is 18.4 Å². The third kappa shape index (κ3) is 4.24. The molecule has 0 unspecified atom stereocenters. The van der Waals surface area contributed by atoms with Crippen molar-refractivity contribution in [3.05, 3.63) is 53.8 Å². The van der Waals surface area contributed by atoms with Crippen LogP contribution in [0.5, 0.6) is 5.75 Å². The number of hydrogen-bond acceptors (Lipinski definition) is 4. The van der Waals surface area contributed by atoms with Gasteiger partial charge < -0.3 is 15.4 Å². The molecular weight excluding hydrogens is 339 g/mol. The monoisotopic (exact) mass is 356 g/mol. The van der Waals surface area contributed by atoms with E-state index in [1.165, 1.54) is 24.3 Å². The maximum absolute atomic E-state index is 12.9. The number of ketones is 1. The molecule has 3 rings (SSSR count). The van der Waals surface area contributed by atoms with Crippen LogP contribution < -0.4 is 15.4 Å². The number of anilines is 2. The van der Waals surface area contributed by atoms with Gasteiger partial charge in [0.15, 0.2) is 18.1 Å². The third-order valence-electron chi connectivity index (χ3n) is 3.88. The first-order chi connectivity index (χ1) is 12.5. The number of ether oxygens (including phenoxy) is 1. The van der Waals surface area contributed by atoms with E-state index in [9.17, 15) is 18.8 Å². The Bertz CT molecular complexity index is 849. The van der Waals surface area contributed by atoms with E-state index in [-0.39, 0.29) is 37.0 Å². The summed E-state index contributed by atoms with van der Waals surface area (Å²) in [6.45, 7) is -0.105. The summed E-state index contributed by atoms with van der Waals surface area (Å²) in [4.78, 5) is 35.4. The summed E-state index contributed by atoms with van der Waals surface area (Å²) in [5.74, 6) is -0.625. The predicted octanol–water partition coefficient (Wildman–Crippen LogP) is 3.15. The summed E-state index contributed by atoms with van der Waals surface area (Å²) < 4.78 is 18.2. The van der Waals surface area contributed by atoms with Crippen LogP contribution in [0.25, 0.3) is 0 Å². The van der Waals surface area contributed by atoms with E-state index in [0.717, 1.165) is 0 Å². The molecule has 0 atom stereocenters. The predicted molar refractivity (Wildman–Crippen MR) is 93.8 cm³/mol. The van der Waals surface area contributed by atoms with Crippen LogP contribution in [-0.4, -0.2) is 24.2 Å². The van der Waals surface area contributed by atoms with Crippen LogP contribution in [0.4, 0.5) is 15.8 Å². The molecule has 2 N–H and O–H groups in total. The van der Waals surface area contributed by atoms with Crippen molar-refractivity contribution in [2.75, 3.05) is 17.2 Å². The van der Waals surface area contributed by atoms with Crippen LogP contribution in [0.3, 0.4) is 0 Å². The Hall–Kier alpha value is -3.22. The first-order valence-electron chi connectivity index (χ1n) is 8.17. The van der Waals surface area contributed by atoms with Gasteiger partial charge in [0.1, 0.15) is 5.82 Å². The van der Waals surface area contributed by atoms with Crippen LogP contribution in [-0.2, 0) is 9.59 Å². The van der Waals surface area contributed by atoms with E-state index in [0.29, 0.717) is 29.1 Å². The highest BCUT2D eigenvalue weighted by atomic mass is 19.1. The largest absolute Gasteiger partial charge is 0.479 e. The molecule has 0 radical (unpaired) electrons. The maximum atomic E-state index is 12.9. The van der Waals surface area contributed by atoms with Crippen molar-refractivity contribution in [2.24, 2.45) is 0 Å². The average molecular weight is 356 g/mol. The zero-order chi connectivity index (χ0) is 18.5. The molecule has 0 bridgehead atoms. The average Bonchev–Trinajstić information content (AvgIpc) is 2.62. The number of hydrogen-bond donors (Lipinski definition) is 2. The van der Waals surface area contributed by atoms with E-state index in [1.54, 1.807) is 18.2 Å². The highest BCUT2D eigenvalue weighted by Crippen LogP contribution is 2.35. The van der Waals surface area contributed by atoms with Gasteiger partial charge in [0.2, 0.25) is 5.91 Å². The van der Waals surface area contributed by atoms with Crippen molar-refractivity contribution < 1.29 is 23.5 Å². The van der Waals surface area contributed by atoms with Gasteiger partial charge in [0.05, 0.1) is 11.4 Å². The molecule has 2 aromatic rings. The van der Waals surface area contributed by atoms with Gasteiger partial charge in [-0.3, -0.25) is 14.4 Å². The summed E-state index contributed by atoms with van der Waals surface area (Å²) in [6, 6.07) is 10.4. The molecule has 26 heavy (non-hydrogen) atoms. The molecule has 2 amide bonds. The summed E-state index contributed by atoms with van der Waals surface area (Å²) >= 11 is 0. The fourth-order valence-corrected chi connectivity index (χ4v) is 2.62. The normalized spacial score (nSPS) is 12.6. The number of rotatable bonds is 6.